The van der Waals surface area contributed by atoms with E-state index in [4.69, 9.17) is 5.26 Å². The molecule has 5 heteroatoms. The third-order valence-corrected chi connectivity index (χ3v) is 4.14. The Balaban J connectivity index is 1.79. The quantitative estimate of drug-likeness (QED) is 0.844. The van der Waals surface area contributed by atoms with Crippen LogP contribution in [0.1, 0.15) is 37.7 Å². The first-order valence-electron chi connectivity index (χ1n) is 7.72. The number of rotatable bonds is 6. The van der Waals surface area contributed by atoms with Gasteiger partial charge >= 0.3 is 0 Å². The fourth-order valence-corrected chi connectivity index (χ4v) is 2.97. The number of nitrogens with one attached hydrogen (secondary N) is 1. The number of carbonyl (C=O) groups excluding carboxylic acids is 1. The van der Waals surface area contributed by atoms with Gasteiger partial charge in [0.05, 0.1) is 16.9 Å². The largest absolute Gasteiger partial charge is 0.389 e. The predicted octanol–water partition coefficient (Wildman–Crippen LogP) is 2.12. The number of nitriles is 1. The number of carbonyl (C=O) groups is 1. The van der Waals surface area contributed by atoms with E-state index in [0.29, 0.717) is 30.8 Å². The van der Waals surface area contributed by atoms with Gasteiger partial charge in [-0.05, 0) is 32.0 Å². The van der Waals surface area contributed by atoms with Crippen LogP contribution in [0.15, 0.2) is 24.3 Å². The molecule has 0 spiro atoms. The second kappa shape index (κ2) is 7.39. The van der Waals surface area contributed by atoms with Crippen LogP contribution >= 0.6 is 0 Å². The van der Waals surface area contributed by atoms with Crippen molar-refractivity contribution in [1.29, 1.82) is 5.26 Å². The zero-order valence-corrected chi connectivity index (χ0v) is 13.0. The minimum absolute atomic E-state index is 0.118. The first kappa shape index (κ1) is 16.5. The summed E-state index contributed by atoms with van der Waals surface area (Å²) in [5.41, 5.74) is 0.426. The Hall–Kier alpha value is -1.90. The summed E-state index contributed by atoms with van der Waals surface area (Å²) in [6, 6.07) is 9.02. The molecule has 0 saturated heterocycles. The number of hydrogen-bond acceptors (Lipinski definition) is 4. The molecule has 5 nitrogen and oxygen atoms in total. The highest BCUT2D eigenvalue weighted by Crippen LogP contribution is 2.29. The minimum atomic E-state index is -0.585. The molecule has 1 aliphatic carbocycles. The highest BCUT2D eigenvalue weighted by Gasteiger charge is 2.32. The molecule has 118 valence electrons. The minimum Gasteiger partial charge on any atom is -0.389 e. The number of anilines is 1. The molecule has 0 unspecified atom stereocenters. The number of benzene rings is 1. The van der Waals surface area contributed by atoms with Crippen LogP contribution in [0.2, 0.25) is 0 Å². The average Bonchev–Trinajstić information content (AvgIpc) is 2.92. The van der Waals surface area contributed by atoms with Gasteiger partial charge in [0.2, 0.25) is 5.91 Å². The number of para-hydroxylation sites is 1. The van der Waals surface area contributed by atoms with E-state index in [2.05, 4.69) is 11.4 Å². The molecule has 2 rings (SSSR count). The Bertz CT molecular complexity index is 559. The lowest BCUT2D eigenvalue weighted by molar-refractivity contribution is -0.116. The number of nitrogens with zero attached hydrogens (tertiary/aromatic N) is 2. The summed E-state index contributed by atoms with van der Waals surface area (Å²) in [6.07, 6.45) is 4.19. The highest BCUT2D eigenvalue weighted by molar-refractivity contribution is 5.92. The van der Waals surface area contributed by atoms with Gasteiger partial charge in [0, 0.05) is 19.5 Å². The molecule has 0 aliphatic heterocycles. The van der Waals surface area contributed by atoms with Crippen LogP contribution < -0.4 is 5.32 Å². The molecule has 0 bridgehead atoms. The number of likely N-dealkylation sites (N-methyl/N-ethyl adjacent to an activating group) is 1. The van der Waals surface area contributed by atoms with E-state index < -0.39 is 5.60 Å². The summed E-state index contributed by atoms with van der Waals surface area (Å²) in [6.45, 7) is 1.19. The van der Waals surface area contributed by atoms with Crippen molar-refractivity contribution < 1.29 is 9.90 Å². The van der Waals surface area contributed by atoms with E-state index in [9.17, 15) is 9.90 Å². The van der Waals surface area contributed by atoms with Crippen molar-refractivity contribution in [3.63, 3.8) is 0 Å². The van der Waals surface area contributed by atoms with Gasteiger partial charge in [0.1, 0.15) is 6.07 Å². The molecule has 0 radical (unpaired) electrons. The molecule has 0 heterocycles. The van der Waals surface area contributed by atoms with Gasteiger partial charge in [-0.3, -0.25) is 4.79 Å². The Morgan fingerprint density at radius 1 is 1.41 bits per heavy atom. The molecule has 2 N–H and O–H groups in total. The molecule has 22 heavy (non-hydrogen) atoms. The van der Waals surface area contributed by atoms with Gasteiger partial charge in [0.25, 0.3) is 0 Å². The van der Waals surface area contributed by atoms with E-state index in [1.807, 2.05) is 11.9 Å². The molecule has 1 amide bonds. The molecule has 1 aromatic rings. The summed E-state index contributed by atoms with van der Waals surface area (Å²) in [5, 5.41) is 22.1. The van der Waals surface area contributed by atoms with E-state index in [1.165, 1.54) is 0 Å². The Kier molecular flexibility index (Phi) is 5.53. The highest BCUT2D eigenvalue weighted by atomic mass is 16.3. The molecule has 0 atom stereocenters. The Morgan fingerprint density at radius 3 is 2.77 bits per heavy atom. The topological polar surface area (TPSA) is 76.4 Å². The fourth-order valence-electron chi connectivity index (χ4n) is 2.97. The molecule has 1 saturated carbocycles. The maximum Gasteiger partial charge on any atom is 0.225 e. The SMILES string of the molecule is CN(CCC(=O)Nc1ccccc1C#N)CC1(O)CCCC1. The Labute approximate surface area is 131 Å². The van der Waals surface area contributed by atoms with Crippen LogP contribution in [-0.4, -0.2) is 41.7 Å². The van der Waals surface area contributed by atoms with Crippen LogP contribution in [0.3, 0.4) is 0 Å². The lowest BCUT2D eigenvalue weighted by Crippen LogP contribution is -2.40. The second-order valence-corrected chi connectivity index (χ2v) is 6.12. The molecule has 1 fully saturated rings. The summed E-state index contributed by atoms with van der Waals surface area (Å²) < 4.78 is 0. The van der Waals surface area contributed by atoms with Gasteiger partial charge in [-0.15, -0.1) is 0 Å². The normalized spacial score (nSPS) is 16.5. The van der Waals surface area contributed by atoms with Crippen LogP contribution in [0.4, 0.5) is 5.69 Å². The predicted molar refractivity (Wildman–Crippen MR) is 85.3 cm³/mol. The fraction of sp³-hybridized carbons (Fsp3) is 0.529. The summed E-state index contributed by atoms with van der Waals surface area (Å²) in [7, 11) is 1.92. The third-order valence-electron chi connectivity index (χ3n) is 4.14. The molecule has 1 aromatic carbocycles. The zero-order valence-electron chi connectivity index (χ0n) is 13.0. The smallest absolute Gasteiger partial charge is 0.225 e. The van der Waals surface area contributed by atoms with Crippen molar-refractivity contribution >= 4 is 11.6 Å². The van der Waals surface area contributed by atoms with E-state index in [-0.39, 0.29) is 5.91 Å². The van der Waals surface area contributed by atoms with Crippen molar-refractivity contribution in [2.45, 2.75) is 37.7 Å². The third kappa shape index (κ3) is 4.55. The van der Waals surface area contributed by atoms with Gasteiger partial charge < -0.3 is 15.3 Å². The molecule has 1 aliphatic rings. The van der Waals surface area contributed by atoms with E-state index in [1.54, 1.807) is 24.3 Å². The van der Waals surface area contributed by atoms with Gasteiger partial charge in [0.15, 0.2) is 0 Å². The maximum absolute atomic E-state index is 12.0. The van der Waals surface area contributed by atoms with Crippen LogP contribution in [0, 0.1) is 11.3 Å². The van der Waals surface area contributed by atoms with Crippen molar-refractivity contribution in [2.75, 3.05) is 25.5 Å². The summed E-state index contributed by atoms with van der Waals surface area (Å²) >= 11 is 0. The standard InChI is InChI=1S/C17H23N3O2/c1-20(13-17(22)9-4-5-10-17)11-8-16(21)19-15-7-3-2-6-14(15)12-18/h2-3,6-7,22H,4-5,8-11,13H2,1H3,(H,19,21). The van der Waals surface area contributed by atoms with Gasteiger partial charge in [-0.1, -0.05) is 25.0 Å². The van der Waals surface area contributed by atoms with Crippen LogP contribution in [0.5, 0.6) is 0 Å². The van der Waals surface area contributed by atoms with Gasteiger partial charge in [-0.2, -0.15) is 5.26 Å². The second-order valence-electron chi connectivity index (χ2n) is 6.12. The molecular weight excluding hydrogens is 278 g/mol. The average molecular weight is 301 g/mol. The van der Waals surface area contributed by atoms with Crippen molar-refractivity contribution in [3.8, 4) is 6.07 Å². The van der Waals surface area contributed by atoms with Gasteiger partial charge in [-0.25, -0.2) is 0 Å². The first-order valence-corrected chi connectivity index (χ1v) is 7.72. The van der Waals surface area contributed by atoms with Crippen molar-refractivity contribution in [1.82, 2.24) is 4.90 Å². The molecular formula is C17H23N3O2. The van der Waals surface area contributed by atoms with Crippen LogP contribution in [-0.2, 0) is 4.79 Å². The lowest BCUT2D eigenvalue weighted by atomic mass is 10.0. The number of hydrogen-bond donors (Lipinski definition) is 2. The molecule has 0 aromatic heterocycles. The van der Waals surface area contributed by atoms with Crippen molar-refractivity contribution in [2.24, 2.45) is 0 Å². The monoisotopic (exact) mass is 301 g/mol. The van der Waals surface area contributed by atoms with Crippen LogP contribution in [0.25, 0.3) is 0 Å². The number of aliphatic hydroxyl groups is 1. The Morgan fingerprint density at radius 2 is 2.09 bits per heavy atom. The summed E-state index contributed by atoms with van der Waals surface area (Å²) in [5.74, 6) is -0.118. The maximum atomic E-state index is 12.0. The number of amides is 1. The van der Waals surface area contributed by atoms with E-state index in [0.717, 1.165) is 25.7 Å². The summed E-state index contributed by atoms with van der Waals surface area (Å²) in [4.78, 5) is 14.0. The van der Waals surface area contributed by atoms with E-state index >= 15 is 0 Å². The van der Waals surface area contributed by atoms with Crippen molar-refractivity contribution in [3.05, 3.63) is 29.8 Å². The zero-order chi connectivity index (χ0) is 16.0. The first-order chi connectivity index (χ1) is 10.5. The lowest BCUT2D eigenvalue weighted by Gasteiger charge is -2.28.